The van der Waals surface area contributed by atoms with Gasteiger partial charge in [0, 0.05) is 18.6 Å². The fourth-order valence-corrected chi connectivity index (χ4v) is 2.99. The van der Waals surface area contributed by atoms with Crippen LogP contribution in [-0.2, 0) is 13.0 Å². The molecule has 0 bridgehead atoms. The van der Waals surface area contributed by atoms with E-state index in [1.807, 2.05) is 0 Å². The summed E-state index contributed by atoms with van der Waals surface area (Å²) in [5.74, 6) is 0. The molecule has 0 aliphatic carbocycles. The number of nitrogens with zero attached hydrogens (tertiary/aromatic N) is 1. The third kappa shape index (κ3) is 9.97. The monoisotopic (exact) mass is 304 g/mol. The zero-order chi connectivity index (χ0) is 15.9. The van der Waals surface area contributed by atoms with Gasteiger partial charge in [0.1, 0.15) is 6.54 Å². The summed E-state index contributed by atoms with van der Waals surface area (Å²) in [4.78, 5) is 0. The van der Waals surface area contributed by atoms with Gasteiger partial charge in [-0.25, -0.2) is 4.57 Å². The maximum absolute atomic E-state index is 2.34. The molecule has 0 aliphatic rings. The lowest BCUT2D eigenvalue weighted by Crippen LogP contribution is -2.32. The van der Waals surface area contributed by atoms with E-state index in [0.29, 0.717) is 0 Å². The molecule has 0 saturated carbocycles. The first-order valence-corrected chi connectivity index (χ1v) is 9.84. The molecule has 0 amide bonds. The van der Waals surface area contributed by atoms with E-state index in [9.17, 15) is 0 Å². The van der Waals surface area contributed by atoms with Gasteiger partial charge in [0.2, 0.25) is 0 Å². The van der Waals surface area contributed by atoms with Crippen LogP contribution in [0.25, 0.3) is 0 Å². The number of hydrogen-bond donors (Lipinski definition) is 0. The molecule has 0 atom stereocenters. The first-order valence-electron chi connectivity index (χ1n) is 9.84. The number of aryl methyl sites for hydroxylation is 2. The molecule has 0 saturated heterocycles. The predicted octanol–water partition coefficient (Wildman–Crippen LogP) is 6.24. The van der Waals surface area contributed by atoms with Gasteiger partial charge in [-0.1, -0.05) is 71.6 Å². The highest BCUT2D eigenvalue weighted by Gasteiger charge is 2.01. The number of hydrogen-bond acceptors (Lipinski definition) is 0. The minimum Gasteiger partial charge on any atom is -0.205 e. The van der Waals surface area contributed by atoms with Gasteiger partial charge in [-0.15, -0.1) is 0 Å². The van der Waals surface area contributed by atoms with Crippen molar-refractivity contribution in [1.82, 2.24) is 0 Å². The summed E-state index contributed by atoms with van der Waals surface area (Å²) in [5.41, 5.74) is 1.51. The normalized spacial score (nSPS) is 11.0. The van der Waals surface area contributed by atoms with Gasteiger partial charge in [-0.05, 0) is 24.8 Å². The standard InChI is InChI=1S/C21H38N/c1-3-5-7-9-10-11-12-13-15-21-16-19-22(20-17-21)18-14-8-6-4-2/h16-17,19-20H,3-15,18H2,1-2H3/q+1. The van der Waals surface area contributed by atoms with Crippen LogP contribution in [0.15, 0.2) is 24.5 Å². The Hall–Kier alpha value is -0.850. The van der Waals surface area contributed by atoms with Crippen molar-refractivity contribution in [3.63, 3.8) is 0 Å². The molecule has 22 heavy (non-hydrogen) atoms. The molecule has 0 fully saturated rings. The van der Waals surface area contributed by atoms with E-state index < -0.39 is 0 Å². The second-order valence-electron chi connectivity index (χ2n) is 6.73. The maximum Gasteiger partial charge on any atom is 0.169 e. The average molecular weight is 305 g/mol. The van der Waals surface area contributed by atoms with Crippen molar-refractivity contribution in [1.29, 1.82) is 0 Å². The Kier molecular flexibility index (Phi) is 12.0. The molecule has 0 aliphatic heterocycles. The van der Waals surface area contributed by atoms with Crippen LogP contribution in [0.5, 0.6) is 0 Å². The summed E-state index contributed by atoms with van der Waals surface area (Å²) >= 11 is 0. The number of unbranched alkanes of at least 4 members (excludes halogenated alkanes) is 10. The molecule has 1 aromatic heterocycles. The number of pyridine rings is 1. The van der Waals surface area contributed by atoms with Crippen LogP contribution in [0.4, 0.5) is 0 Å². The van der Waals surface area contributed by atoms with E-state index in [1.54, 1.807) is 0 Å². The lowest BCUT2D eigenvalue weighted by Gasteiger charge is -2.03. The van der Waals surface area contributed by atoms with Crippen molar-refractivity contribution in [3.05, 3.63) is 30.1 Å². The molecular weight excluding hydrogens is 266 g/mol. The molecule has 1 rings (SSSR count). The zero-order valence-corrected chi connectivity index (χ0v) is 15.2. The van der Waals surface area contributed by atoms with Crippen LogP contribution in [0, 0.1) is 0 Å². The van der Waals surface area contributed by atoms with E-state index in [-0.39, 0.29) is 0 Å². The van der Waals surface area contributed by atoms with Crippen LogP contribution in [0.2, 0.25) is 0 Å². The zero-order valence-electron chi connectivity index (χ0n) is 15.2. The van der Waals surface area contributed by atoms with Crippen molar-refractivity contribution in [2.45, 2.75) is 104 Å². The van der Waals surface area contributed by atoms with E-state index in [2.05, 4.69) is 42.9 Å². The lowest BCUT2D eigenvalue weighted by molar-refractivity contribution is -0.697. The van der Waals surface area contributed by atoms with Gasteiger partial charge >= 0.3 is 0 Å². The van der Waals surface area contributed by atoms with Crippen molar-refractivity contribution in [2.24, 2.45) is 0 Å². The highest BCUT2D eigenvalue weighted by molar-refractivity contribution is 5.07. The Balaban J connectivity index is 2.04. The quantitative estimate of drug-likeness (QED) is 0.283. The summed E-state index contributed by atoms with van der Waals surface area (Å²) < 4.78 is 2.34. The molecule has 0 spiro atoms. The molecule has 126 valence electrons. The van der Waals surface area contributed by atoms with Gasteiger partial charge < -0.3 is 0 Å². The van der Waals surface area contributed by atoms with Crippen molar-refractivity contribution in [2.75, 3.05) is 0 Å². The second-order valence-corrected chi connectivity index (χ2v) is 6.73. The van der Waals surface area contributed by atoms with Crippen LogP contribution < -0.4 is 4.57 Å². The smallest absolute Gasteiger partial charge is 0.169 e. The second kappa shape index (κ2) is 13.8. The summed E-state index contributed by atoms with van der Waals surface area (Å²) in [5, 5.41) is 0. The Labute approximate surface area is 139 Å². The van der Waals surface area contributed by atoms with Crippen molar-refractivity contribution in [3.8, 4) is 0 Å². The Morgan fingerprint density at radius 2 is 1.14 bits per heavy atom. The summed E-state index contributed by atoms with van der Waals surface area (Å²) in [7, 11) is 0. The third-order valence-electron chi connectivity index (χ3n) is 4.55. The van der Waals surface area contributed by atoms with Crippen LogP contribution >= 0.6 is 0 Å². The van der Waals surface area contributed by atoms with E-state index in [1.165, 1.54) is 95.6 Å². The third-order valence-corrected chi connectivity index (χ3v) is 4.55. The number of rotatable bonds is 14. The van der Waals surface area contributed by atoms with Crippen LogP contribution in [0.1, 0.15) is 96.5 Å². The fraction of sp³-hybridized carbons (Fsp3) is 0.762. The average Bonchev–Trinajstić information content (AvgIpc) is 2.55. The molecule has 1 heterocycles. The summed E-state index contributed by atoms with van der Waals surface area (Å²) in [6, 6.07) is 4.64. The van der Waals surface area contributed by atoms with Gasteiger partial charge in [0.15, 0.2) is 12.4 Å². The molecule has 0 radical (unpaired) electrons. The largest absolute Gasteiger partial charge is 0.205 e. The van der Waals surface area contributed by atoms with Gasteiger partial charge in [-0.2, -0.15) is 0 Å². The highest BCUT2D eigenvalue weighted by atomic mass is 14.9. The first kappa shape index (κ1) is 19.2. The number of aromatic nitrogens is 1. The molecule has 1 heteroatoms. The van der Waals surface area contributed by atoms with Gasteiger partial charge in [0.25, 0.3) is 0 Å². The minimum atomic E-state index is 1.18. The molecule has 0 unspecified atom stereocenters. The first-order chi connectivity index (χ1) is 10.9. The molecular formula is C21H38N+. The molecule has 0 N–H and O–H groups in total. The molecule has 1 aromatic rings. The van der Waals surface area contributed by atoms with Crippen LogP contribution in [0.3, 0.4) is 0 Å². The van der Waals surface area contributed by atoms with Crippen LogP contribution in [-0.4, -0.2) is 0 Å². The topological polar surface area (TPSA) is 3.88 Å². The molecule has 0 aromatic carbocycles. The fourth-order valence-electron chi connectivity index (χ4n) is 2.99. The maximum atomic E-state index is 2.34. The lowest BCUT2D eigenvalue weighted by atomic mass is 10.0. The van der Waals surface area contributed by atoms with Gasteiger partial charge in [0.05, 0.1) is 0 Å². The summed E-state index contributed by atoms with van der Waals surface area (Å²) in [6.45, 7) is 5.74. The van der Waals surface area contributed by atoms with Gasteiger partial charge in [-0.3, -0.25) is 0 Å². The SMILES string of the molecule is CCCCCCCCCCc1cc[n+](CCCCCC)cc1. The van der Waals surface area contributed by atoms with E-state index in [4.69, 9.17) is 0 Å². The Morgan fingerprint density at radius 3 is 1.73 bits per heavy atom. The summed E-state index contributed by atoms with van der Waals surface area (Å²) in [6.07, 6.45) is 22.4. The van der Waals surface area contributed by atoms with Crippen molar-refractivity contribution < 1.29 is 4.57 Å². The highest BCUT2D eigenvalue weighted by Crippen LogP contribution is 2.10. The van der Waals surface area contributed by atoms with E-state index in [0.717, 1.165) is 0 Å². The minimum absolute atomic E-state index is 1.18. The predicted molar refractivity (Wildman–Crippen MR) is 97.1 cm³/mol. The van der Waals surface area contributed by atoms with E-state index >= 15 is 0 Å². The Bertz CT molecular complexity index is 341. The Morgan fingerprint density at radius 1 is 0.636 bits per heavy atom. The molecule has 1 nitrogen and oxygen atoms in total. The van der Waals surface area contributed by atoms with Crippen molar-refractivity contribution >= 4 is 0 Å².